The van der Waals surface area contributed by atoms with Crippen molar-refractivity contribution in [1.82, 2.24) is 14.5 Å². The van der Waals surface area contributed by atoms with Crippen LogP contribution in [0.5, 0.6) is 0 Å². The Morgan fingerprint density at radius 1 is 1.26 bits per heavy atom. The topological polar surface area (TPSA) is 80.4 Å². The molecule has 1 N–H and O–H groups in total. The van der Waals surface area contributed by atoms with Gasteiger partial charge < -0.3 is 14.6 Å². The summed E-state index contributed by atoms with van der Waals surface area (Å²) in [5.41, 5.74) is 3.26. The minimum absolute atomic E-state index is 0.137. The van der Waals surface area contributed by atoms with Gasteiger partial charge in [0.05, 0.1) is 22.7 Å². The van der Waals surface area contributed by atoms with E-state index >= 15 is 0 Å². The smallest absolute Gasteiger partial charge is 0.408 e. The van der Waals surface area contributed by atoms with Crippen LogP contribution in [0.3, 0.4) is 0 Å². The van der Waals surface area contributed by atoms with Gasteiger partial charge in [-0.05, 0) is 38.4 Å². The van der Waals surface area contributed by atoms with Gasteiger partial charge in [0.25, 0.3) is 0 Å². The van der Waals surface area contributed by atoms with Gasteiger partial charge in [-0.15, -0.1) is 11.3 Å². The molecule has 0 aliphatic heterocycles. The summed E-state index contributed by atoms with van der Waals surface area (Å²) in [6.07, 6.45) is 0.137. The van der Waals surface area contributed by atoms with Gasteiger partial charge in [0.15, 0.2) is 5.58 Å². The van der Waals surface area contributed by atoms with Crippen molar-refractivity contribution in [3.05, 3.63) is 69.1 Å². The van der Waals surface area contributed by atoms with Crippen LogP contribution in [0.25, 0.3) is 21.7 Å². The van der Waals surface area contributed by atoms with E-state index in [1.54, 1.807) is 22.8 Å². The zero-order chi connectivity index (χ0) is 22.0. The number of oxazole rings is 1. The molecule has 2 aromatic carbocycles. The second-order valence-corrected chi connectivity index (χ2v) is 8.62. The first-order chi connectivity index (χ1) is 14.9. The molecule has 0 saturated carbocycles. The van der Waals surface area contributed by atoms with Crippen LogP contribution in [-0.2, 0) is 17.8 Å². The third kappa shape index (κ3) is 4.87. The molecular weight excluding hydrogens is 436 g/mol. The lowest BCUT2D eigenvalue weighted by Crippen LogP contribution is -2.23. The number of fused-ring (bicyclic) bond motifs is 1. The van der Waals surface area contributed by atoms with Gasteiger partial charge in [-0.2, -0.15) is 0 Å². The number of nitrogens with zero attached hydrogens (tertiary/aromatic N) is 3. The molecule has 2 heterocycles. The average molecular weight is 457 g/mol. The molecule has 31 heavy (non-hydrogen) atoms. The van der Waals surface area contributed by atoms with Crippen molar-refractivity contribution in [1.29, 1.82) is 0 Å². The maximum atomic E-state index is 12.6. The number of hydrogen-bond donors (Lipinski definition) is 1. The first-order valence-corrected chi connectivity index (χ1v) is 10.9. The summed E-state index contributed by atoms with van der Waals surface area (Å²) in [5.74, 6) is -0.601. The zero-order valence-corrected chi connectivity index (χ0v) is 18.7. The molecule has 4 rings (SSSR count). The maximum absolute atomic E-state index is 12.6. The van der Waals surface area contributed by atoms with E-state index < -0.39 is 5.76 Å². The Bertz CT molecular complexity index is 1290. The number of nitrogens with one attached hydrogen (secondary N) is 1. The van der Waals surface area contributed by atoms with Crippen molar-refractivity contribution in [2.45, 2.75) is 13.0 Å². The Balaban J connectivity index is 1.48. The number of thiazole rings is 1. The molecule has 0 saturated heterocycles. The Kier molecular flexibility index (Phi) is 6.22. The second-order valence-electron chi connectivity index (χ2n) is 7.35. The van der Waals surface area contributed by atoms with Gasteiger partial charge in [-0.3, -0.25) is 9.36 Å². The van der Waals surface area contributed by atoms with Crippen LogP contribution in [0.1, 0.15) is 5.69 Å². The van der Waals surface area contributed by atoms with Gasteiger partial charge >= 0.3 is 5.76 Å². The highest BCUT2D eigenvalue weighted by atomic mass is 35.5. The van der Waals surface area contributed by atoms with Crippen LogP contribution in [0.4, 0.5) is 5.69 Å². The minimum atomic E-state index is -0.407. The Morgan fingerprint density at radius 2 is 2.06 bits per heavy atom. The maximum Gasteiger partial charge on any atom is 0.419 e. The van der Waals surface area contributed by atoms with Crippen LogP contribution in [0, 0.1) is 0 Å². The molecule has 2 aromatic heterocycles. The van der Waals surface area contributed by atoms with Crippen molar-refractivity contribution >= 4 is 45.6 Å². The Hall–Kier alpha value is -2.94. The average Bonchev–Trinajstić information content (AvgIpc) is 3.30. The number of rotatable bonds is 7. The predicted molar refractivity (Wildman–Crippen MR) is 124 cm³/mol. The van der Waals surface area contributed by atoms with E-state index in [1.807, 2.05) is 48.6 Å². The second kappa shape index (κ2) is 9.05. The number of anilines is 1. The summed E-state index contributed by atoms with van der Waals surface area (Å²) in [5, 5.41) is 6.14. The molecule has 0 unspecified atom stereocenters. The number of carbonyl (C=O) groups is 1. The lowest BCUT2D eigenvalue weighted by molar-refractivity contribution is -0.115. The quantitative estimate of drug-likeness (QED) is 0.452. The van der Waals surface area contributed by atoms with Crippen molar-refractivity contribution in [3.63, 3.8) is 0 Å². The summed E-state index contributed by atoms with van der Waals surface area (Å²) in [7, 11) is 3.88. The van der Waals surface area contributed by atoms with E-state index in [0.717, 1.165) is 10.6 Å². The van der Waals surface area contributed by atoms with Gasteiger partial charge in [0.1, 0.15) is 5.01 Å². The lowest BCUT2D eigenvalue weighted by atomic mass is 10.2. The first kappa shape index (κ1) is 21.3. The van der Waals surface area contributed by atoms with E-state index in [2.05, 4.69) is 10.3 Å². The van der Waals surface area contributed by atoms with Gasteiger partial charge in [-0.1, -0.05) is 29.8 Å². The molecule has 0 fully saturated rings. The zero-order valence-electron chi connectivity index (χ0n) is 17.1. The molecule has 0 spiro atoms. The number of aromatic nitrogens is 2. The molecule has 4 aromatic rings. The third-order valence-electron chi connectivity index (χ3n) is 4.72. The normalized spacial score (nSPS) is 11.4. The van der Waals surface area contributed by atoms with Crippen molar-refractivity contribution in [2.24, 2.45) is 0 Å². The summed E-state index contributed by atoms with van der Waals surface area (Å²) < 4.78 is 6.87. The lowest BCUT2D eigenvalue weighted by Gasteiger charge is -2.10. The van der Waals surface area contributed by atoms with E-state index in [-0.39, 0.29) is 12.3 Å². The minimum Gasteiger partial charge on any atom is -0.408 e. The van der Waals surface area contributed by atoms with E-state index in [1.165, 1.54) is 11.3 Å². The monoisotopic (exact) mass is 456 g/mol. The van der Waals surface area contributed by atoms with Crippen LogP contribution < -0.4 is 11.1 Å². The fourth-order valence-electron chi connectivity index (χ4n) is 3.17. The van der Waals surface area contributed by atoms with Gasteiger partial charge in [-0.25, -0.2) is 9.78 Å². The largest absolute Gasteiger partial charge is 0.419 e. The fourth-order valence-corrected chi connectivity index (χ4v) is 4.31. The number of likely N-dealkylation sites (N-methyl/N-ethyl adjacent to an activating group) is 1. The van der Waals surface area contributed by atoms with Crippen molar-refractivity contribution in [2.75, 3.05) is 26.0 Å². The fraction of sp³-hybridized carbons (Fsp3) is 0.227. The third-order valence-corrected chi connectivity index (χ3v) is 5.97. The van der Waals surface area contributed by atoms with E-state index in [0.29, 0.717) is 40.6 Å². The van der Waals surface area contributed by atoms with Gasteiger partial charge in [0, 0.05) is 29.7 Å². The Labute approximate surface area is 187 Å². The highest BCUT2D eigenvalue weighted by Crippen LogP contribution is 2.30. The summed E-state index contributed by atoms with van der Waals surface area (Å²) in [4.78, 5) is 31.2. The molecule has 0 radical (unpaired) electrons. The van der Waals surface area contributed by atoms with Gasteiger partial charge in [0.2, 0.25) is 5.91 Å². The van der Waals surface area contributed by atoms with E-state index in [4.69, 9.17) is 16.0 Å². The SMILES string of the molecule is CN(C)CCn1c(=O)oc2ccc(NC(=O)Cc3csc(-c4ccccc4Cl)n3)cc21. The van der Waals surface area contributed by atoms with Crippen LogP contribution in [-0.4, -0.2) is 41.0 Å². The van der Waals surface area contributed by atoms with Crippen LogP contribution >= 0.6 is 22.9 Å². The standard InChI is InChI=1S/C22H21ClN4O3S/c1-26(2)9-10-27-18-11-14(7-8-19(18)30-22(27)29)24-20(28)12-15-13-31-21(25-15)16-5-3-4-6-17(16)23/h3-8,11,13H,9-10,12H2,1-2H3,(H,24,28). The molecule has 9 heteroatoms. The molecule has 0 bridgehead atoms. The highest BCUT2D eigenvalue weighted by Gasteiger charge is 2.14. The van der Waals surface area contributed by atoms with Crippen molar-refractivity contribution in [3.8, 4) is 10.6 Å². The first-order valence-electron chi connectivity index (χ1n) is 9.68. The number of halogens is 1. The van der Waals surface area contributed by atoms with Crippen molar-refractivity contribution < 1.29 is 9.21 Å². The predicted octanol–water partition coefficient (Wildman–Crippen LogP) is 4.11. The number of carbonyl (C=O) groups excluding carboxylic acids is 1. The molecular formula is C22H21ClN4O3S. The number of benzene rings is 2. The molecule has 1 amide bonds. The summed E-state index contributed by atoms with van der Waals surface area (Å²) >= 11 is 7.69. The molecule has 160 valence electrons. The molecule has 7 nitrogen and oxygen atoms in total. The molecule has 0 atom stereocenters. The number of hydrogen-bond acceptors (Lipinski definition) is 6. The summed E-state index contributed by atoms with van der Waals surface area (Å²) in [6.45, 7) is 1.20. The van der Waals surface area contributed by atoms with E-state index in [9.17, 15) is 9.59 Å². The molecule has 0 aliphatic rings. The number of amides is 1. The molecule has 0 aliphatic carbocycles. The summed E-state index contributed by atoms with van der Waals surface area (Å²) in [6, 6.07) is 12.6. The van der Waals surface area contributed by atoms with Crippen LogP contribution in [0.15, 0.2) is 57.1 Å². The Morgan fingerprint density at radius 3 is 2.84 bits per heavy atom. The van der Waals surface area contributed by atoms with Crippen LogP contribution in [0.2, 0.25) is 5.02 Å². The highest BCUT2D eigenvalue weighted by molar-refractivity contribution is 7.13.